The third kappa shape index (κ3) is 6.51. The van der Waals surface area contributed by atoms with Gasteiger partial charge in [-0.05, 0) is 36.1 Å². The van der Waals surface area contributed by atoms with Crippen molar-refractivity contribution in [1.29, 1.82) is 0 Å². The standard InChI is InChI=1S/C20H21F3N2O5S/c1-12(2)7-18(13-5-4-6-15(8-13)20(21,22)23)24-19(26)14-9-16(25(27)28)11-17(10-14)31(3,29)30/h4-6,8-12,18H,7H2,1-3H3,(H,24,26). The molecule has 0 saturated carbocycles. The van der Waals surface area contributed by atoms with Crippen molar-refractivity contribution in [3.63, 3.8) is 0 Å². The fourth-order valence-electron chi connectivity index (χ4n) is 2.96. The number of nitrogens with one attached hydrogen (secondary N) is 1. The molecule has 0 aliphatic carbocycles. The second-order valence-corrected chi connectivity index (χ2v) is 9.54. The van der Waals surface area contributed by atoms with Gasteiger partial charge in [0.2, 0.25) is 0 Å². The lowest BCUT2D eigenvalue weighted by atomic mass is 9.95. The van der Waals surface area contributed by atoms with Gasteiger partial charge in [-0.2, -0.15) is 13.2 Å². The van der Waals surface area contributed by atoms with Crippen molar-refractivity contribution in [3.05, 3.63) is 69.3 Å². The minimum absolute atomic E-state index is 0.00321. The smallest absolute Gasteiger partial charge is 0.345 e. The first-order chi connectivity index (χ1) is 14.2. The Bertz CT molecular complexity index is 1100. The average Bonchev–Trinajstić information content (AvgIpc) is 2.65. The second-order valence-electron chi connectivity index (χ2n) is 7.52. The van der Waals surface area contributed by atoms with Crippen LogP contribution in [0.1, 0.15) is 47.8 Å². The molecule has 0 spiro atoms. The first-order valence-corrected chi connectivity index (χ1v) is 11.0. The first-order valence-electron chi connectivity index (χ1n) is 9.16. The Morgan fingerprint density at radius 1 is 1.16 bits per heavy atom. The van der Waals surface area contributed by atoms with E-state index in [0.29, 0.717) is 6.42 Å². The van der Waals surface area contributed by atoms with Crippen molar-refractivity contribution >= 4 is 21.4 Å². The maximum absolute atomic E-state index is 13.1. The zero-order chi connectivity index (χ0) is 23.6. The molecule has 0 radical (unpaired) electrons. The van der Waals surface area contributed by atoms with Gasteiger partial charge in [-0.1, -0.05) is 26.0 Å². The number of carbonyl (C=O) groups excluding carboxylic acids is 1. The van der Waals surface area contributed by atoms with E-state index in [0.717, 1.165) is 36.6 Å². The maximum atomic E-state index is 13.1. The van der Waals surface area contributed by atoms with E-state index < -0.39 is 49.0 Å². The summed E-state index contributed by atoms with van der Waals surface area (Å²) in [6.45, 7) is 3.64. The molecule has 1 N–H and O–H groups in total. The van der Waals surface area contributed by atoms with Gasteiger partial charge in [0.25, 0.3) is 11.6 Å². The van der Waals surface area contributed by atoms with Crippen molar-refractivity contribution in [2.24, 2.45) is 5.92 Å². The third-order valence-corrected chi connectivity index (χ3v) is 5.51. The van der Waals surface area contributed by atoms with Crippen LogP contribution in [0.15, 0.2) is 47.4 Å². The largest absolute Gasteiger partial charge is 0.416 e. The van der Waals surface area contributed by atoms with Gasteiger partial charge >= 0.3 is 6.18 Å². The molecule has 1 unspecified atom stereocenters. The van der Waals surface area contributed by atoms with Crippen molar-refractivity contribution in [1.82, 2.24) is 5.32 Å². The van der Waals surface area contributed by atoms with Crippen LogP contribution in [0.3, 0.4) is 0 Å². The van der Waals surface area contributed by atoms with Gasteiger partial charge in [-0.3, -0.25) is 14.9 Å². The summed E-state index contributed by atoms with van der Waals surface area (Å²) < 4.78 is 63.0. The maximum Gasteiger partial charge on any atom is 0.416 e. The molecular formula is C20H21F3N2O5S. The highest BCUT2D eigenvalue weighted by Gasteiger charge is 2.31. The highest BCUT2D eigenvalue weighted by atomic mass is 32.2. The van der Waals surface area contributed by atoms with Crippen LogP contribution in [0.25, 0.3) is 0 Å². The van der Waals surface area contributed by atoms with Crippen LogP contribution < -0.4 is 5.32 Å². The Kier molecular flexibility index (Phi) is 7.10. The van der Waals surface area contributed by atoms with E-state index in [2.05, 4.69) is 5.32 Å². The Balaban J connectivity index is 2.46. The Morgan fingerprint density at radius 2 is 1.81 bits per heavy atom. The zero-order valence-corrected chi connectivity index (χ0v) is 17.8. The molecule has 31 heavy (non-hydrogen) atoms. The quantitative estimate of drug-likeness (QED) is 0.485. The molecule has 2 aromatic rings. The highest BCUT2D eigenvalue weighted by molar-refractivity contribution is 7.90. The minimum Gasteiger partial charge on any atom is -0.345 e. The lowest BCUT2D eigenvalue weighted by molar-refractivity contribution is -0.385. The number of nitrogens with zero attached hydrogens (tertiary/aromatic N) is 1. The number of nitro benzene ring substituents is 1. The van der Waals surface area contributed by atoms with Gasteiger partial charge in [0.05, 0.1) is 21.4 Å². The molecule has 2 aromatic carbocycles. The predicted molar refractivity (Wildman–Crippen MR) is 107 cm³/mol. The van der Waals surface area contributed by atoms with Crippen LogP contribution in [0.5, 0.6) is 0 Å². The van der Waals surface area contributed by atoms with Crippen LogP contribution in [-0.2, 0) is 16.0 Å². The van der Waals surface area contributed by atoms with Crippen LogP contribution in [-0.4, -0.2) is 25.5 Å². The number of alkyl halides is 3. The van der Waals surface area contributed by atoms with E-state index in [4.69, 9.17) is 0 Å². The monoisotopic (exact) mass is 458 g/mol. The van der Waals surface area contributed by atoms with Crippen molar-refractivity contribution in [3.8, 4) is 0 Å². The van der Waals surface area contributed by atoms with Gasteiger partial charge in [-0.15, -0.1) is 0 Å². The fourth-order valence-corrected chi connectivity index (χ4v) is 3.63. The number of non-ortho nitro benzene ring substituents is 1. The van der Waals surface area contributed by atoms with Gasteiger partial charge in [0.1, 0.15) is 0 Å². The van der Waals surface area contributed by atoms with Crippen molar-refractivity contribution in [2.45, 2.75) is 37.4 Å². The zero-order valence-electron chi connectivity index (χ0n) is 16.9. The van der Waals surface area contributed by atoms with E-state index in [1.54, 1.807) is 0 Å². The summed E-state index contributed by atoms with van der Waals surface area (Å²) in [4.78, 5) is 22.7. The molecule has 0 saturated heterocycles. The SMILES string of the molecule is CC(C)CC(NC(=O)c1cc([N+](=O)[O-])cc(S(C)(=O)=O)c1)c1cccc(C(F)(F)F)c1. The molecule has 2 rings (SSSR count). The van der Waals surface area contributed by atoms with E-state index in [-0.39, 0.29) is 17.0 Å². The number of nitro groups is 1. The molecule has 11 heteroatoms. The average molecular weight is 458 g/mol. The number of amides is 1. The summed E-state index contributed by atoms with van der Waals surface area (Å²) in [5.41, 5.74) is -1.53. The molecule has 0 bridgehead atoms. The van der Waals surface area contributed by atoms with Crippen LogP contribution in [0, 0.1) is 16.0 Å². The van der Waals surface area contributed by atoms with Crippen LogP contribution in [0.4, 0.5) is 18.9 Å². The number of rotatable bonds is 7. The summed E-state index contributed by atoms with van der Waals surface area (Å²) in [5.74, 6) is -0.840. The Morgan fingerprint density at radius 3 is 2.32 bits per heavy atom. The van der Waals surface area contributed by atoms with Gasteiger partial charge in [0.15, 0.2) is 9.84 Å². The van der Waals surface area contributed by atoms with E-state index in [9.17, 15) is 36.5 Å². The summed E-state index contributed by atoms with van der Waals surface area (Å²) in [6, 6.07) is 6.45. The van der Waals surface area contributed by atoms with Crippen molar-refractivity contribution in [2.75, 3.05) is 6.26 Å². The highest BCUT2D eigenvalue weighted by Crippen LogP contribution is 2.32. The normalized spacial score (nSPS) is 13.1. The Hall–Kier alpha value is -2.95. The Labute approximate surface area is 177 Å². The van der Waals surface area contributed by atoms with Gasteiger partial charge < -0.3 is 5.32 Å². The molecule has 168 valence electrons. The number of sulfone groups is 1. The lowest BCUT2D eigenvalue weighted by Gasteiger charge is -2.22. The molecular weight excluding hydrogens is 437 g/mol. The topological polar surface area (TPSA) is 106 Å². The lowest BCUT2D eigenvalue weighted by Crippen LogP contribution is -2.30. The minimum atomic E-state index is -4.56. The number of halogens is 3. The molecule has 0 fully saturated rings. The summed E-state index contributed by atoms with van der Waals surface area (Å²) in [7, 11) is -3.85. The second kappa shape index (κ2) is 9.04. The van der Waals surface area contributed by atoms with Crippen LogP contribution in [0.2, 0.25) is 0 Å². The summed E-state index contributed by atoms with van der Waals surface area (Å²) in [5, 5.41) is 13.7. The summed E-state index contributed by atoms with van der Waals surface area (Å²) in [6.07, 6.45) is -3.42. The van der Waals surface area contributed by atoms with E-state index in [1.807, 2.05) is 13.8 Å². The summed E-state index contributed by atoms with van der Waals surface area (Å²) >= 11 is 0. The molecule has 7 nitrogen and oxygen atoms in total. The van der Waals surface area contributed by atoms with E-state index in [1.165, 1.54) is 12.1 Å². The van der Waals surface area contributed by atoms with Gasteiger partial charge in [0, 0.05) is 24.0 Å². The van der Waals surface area contributed by atoms with E-state index >= 15 is 0 Å². The number of hydrogen-bond acceptors (Lipinski definition) is 5. The predicted octanol–water partition coefficient (Wildman–Crippen LogP) is 4.53. The third-order valence-electron chi connectivity index (χ3n) is 4.42. The van der Waals surface area contributed by atoms with Crippen LogP contribution >= 0.6 is 0 Å². The molecule has 1 atom stereocenters. The molecule has 1 amide bonds. The molecule has 0 aliphatic rings. The first kappa shape index (κ1) is 24.3. The molecule has 0 aliphatic heterocycles. The number of hydrogen-bond donors (Lipinski definition) is 1. The van der Waals surface area contributed by atoms with Gasteiger partial charge in [-0.25, -0.2) is 8.42 Å². The molecule has 0 aromatic heterocycles. The molecule has 0 heterocycles. The number of benzene rings is 2. The van der Waals surface area contributed by atoms with Crippen molar-refractivity contribution < 1.29 is 31.3 Å². The fraction of sp³-hybridized carbons (Fsp3) is 0.350. The number of carbonyl (C=O) groups is 1.